The van der Waals surface area contributed by atoms with Crippen LogP contribution in [0.3, 0.4) is 0 Å². The summed E-state index contributed by atoms with van der Waals surface area (Å²) in [7, 11) is 1.55. The van der Waals surface area contributed by atoms with Crippen LogP contribution in [0.2, 0.25) is 0 Å². The molecule has 0 aromatic heterocycles. The zero-order valence-corrected chi connectivity index (χ0v) is 12.3. The van der Waals surface area contributed by atoms with Gasteiger partial charge in [0, 0.05) is 19.2 Å². The van der Waals surface area contributed by atoms with Crippen molar-refractivity contribution in [3.8, 4) is 5.75 Å². The van der Waals surface area contributed by atoms with E-state index in [2.05, 4.69) is 19.2 Å². The van der Waals surface area contributed by atoms with Gasteiger partial charge in [-0.15, -0.1) is 0 Å². The van der Waals surface area contributed by atoms with E-state index in [9.17, 15) is 9.90 Å². The lowest BCUT2D eigenvalue weighted by molar-refractivity contribution is 0.0698. The van der Waals surface area contributed by atoms with Gasteiger partial charge in [0.15, 0.2) is 0 Å². The number of aromatic carboxylic acids is 1. The number of aliphatic hydroxyl groups is 1. The fourth-order valence-electron chi connectivity index (χ4n) is 1.96. The Kier molecular flexibility index (Phi) is 5.82. The van der Waals surface area contributed by atoms with Crippen LogP contribution in [0, 0.1) is 5.41 Å². The monoisotopic (exact) mass is 281 g/mol. The van der Waals surface area contributed by atoms with Gasteiger partial charge >= 0.3 is 5.97 Å². The maximum atomic E-state index is 11.2. The van der Waals surface area contributed by atoms with Gasteiger partial charge in [0.2, 0.25) is 0 Å². The second-order valence-corrected chi connectivity index (χ2v) is 5.56. The molecule has 1 aromatic rings. The summed E-state index contributed by atoms with van der Waals surface area (Å²) in [5.41, 5.74) is 0.749. The minimum absolute atomic E-state index is 0.0262. The summed E-state index contributed by atoms with van der Waals surface area (Å²) in [6.45, 7) is 4.95. The topological polar surface area (TPSA) is 78.8 Å². The third-order valence-electron chi connectivity index (χ3n) is 3.23. The molecular weight excluding hydrogens is 258 g/mol. The van der Waals surface area contributed by atoms with E-state index in [4.69, 9.17) is 9.84 Å². The van der Waals surface area contributed by atoms with Crippen molar-refractivity contribution in [3.63, 3.8) is 0 Å². The Labute approximate surface area is 119 Å². The first-order valence-corrected chi connectivity index (χ1v) is 6.66. The normalized spacial score (nSPS) is 11.2. The highest BCUT2D eigenvalue weighted by Crippen LogP contribution is 2.26. The molecule has 0 radical (unpaired) electrons. The summed E-state index contributed by atoms with van der Waals surface area (Å²) >= 11 is 0. The van der Waals surface area contributed by atoms with Crippen molar-refractivity contribution in [2.24, 2.45) is 5.41 Å². The highest BCUT2D eigenvalue weighted by Gasteiger charge is 2.19. The molecule has 0 aliphatic carbocycles. The Hall–Kier alpha value is -1.75. The fourth-order valence-corrected chi connectivity index (χ4v) is 1.96. The van der Waals surface area contributed by atoms with Crippen molar-refractivity contribution >= 4 is 11.7 Å². The molecule has 0 unspecified atom stereocenters. The number of anilines is 1. The van der Waals surface area contributed by atoms with Crippen LogP contribution < -0.4 is 10.1 Å². The largest absolute Gasteiger partial charge is 0.497 e. The van der Waals surface area contributed by atoms with Gasteiger partial charge in [0.1, 0.15) is 5.75 Å². The average molecular weight is 281 g/mol. The smallest absolute Gasteiger partial charge is 0.337 e. The number of rotatable bonds is 8. The Balaban J connectivity index is 2.82. The highest BCUT2D eigenvalue weighted by atomic mass is 16.5. The molecular formula is C15H23NO4. The van der Waals surface area contributed by atoms with Crippen LogP contribution in [-0.2, 0) is 0 Å². The van der Waals surface area contributed by atoms with E-state index >= 15 is 0 Å². The summed E-state index contributed by atoms with van der Waals surface area (Å²) in [6, 6.07) is 4.85. The SMILES string of the molecule is COc1ccc(C(=O)O)c(NCC(C)(C)CCCO)c1. The van der Waals surface area contributed by atoms with E-state index in [1.165, 1.54) is 6.07 Å². The first kappa shape index (κ1) is 16.3. The molecule has 0 fully saturated rings. The molecule has 0 atom stereocenters. The Morgan fingerprint density at radius 3 is 2.65 bits per heavy atom. The number of nitrogens with one attached hydrogen (secondary N) is 1. The summed E-state index contributed by atoms with van der Waals surface area (Å²) in [5.74, 6) is -0.353. The lowest BCUT2D eigenvalue weighted by Crippen LogP contribution is -2.24. The first-order chi connectivity index (χ1) is 9.39. The van der Waals surface area contributed by atoms with Crippen LogP contribution in [0.15, 0.2) is 18.2 Å². The molecule has 112 valence electrons. The summed E-state index contributed by atoms with van der Waals surface area (Å²) in [4.78, 5) is 11.2. The molecule has 0 spiro atoms. The van der Waals surface area contributed by atoms with Gasteiger partial charge in [-0.25, -0.2) is 4.79 Å². The number of hydrogen-bond donors (Lipinski definition) is 3. The van der Waals surface area contributed by atoms with Crippen molar-refractivity contribution in [3.05, 3.63) is 23.8 Å². The average Bonchev–Trinajstić information content (AvgIpc) is 2.42. The van der Waals surface area contributed by atoms with Crippen LogP contribution in [0.25, 0.3) is 0 Å². The molecule has 0 bridgehead atoms. The van der Waals surface area contributed by atoms with Gasteiger partial charge < -0.3 is 20.3 Å². The van der Waals surface area contributed by atoms with E-state index in [0.717, 1.165) is 12.8 Å². The number of carbonyl (C=O) groups is 1. The van der Waals surface area contributed by atoms with Gasteiger partial charge in [0.05, 0.1) is 18.4 Å². The second-order valence-electron chi connectivity index (χ2n) is 5.56. The van der Waals surface area contributed by atoms with Crippen LogP contribution >= 0.6 is 0 Å². The molecule has 0 heterocycles. The molecule has 3 N–H and O–H groups in total. The number of carboxylic acids is 1. The zero-order valence-electron chi connectivity index (χ0n) is 12.3. The van der Waals surface area contributed by atoms with Crippen molar-refractivity contribution in [2.75, 3.05) is 25.6 Å². The predicted octanol–water partition coefficient (Wildman–Crippen LogP) is 2.60. The van der Waals surface area contributed by atoms with Crippen LogP contribution in [0.5, 0.6) is 5.75 Å². The first-order valence-electron chi connectivity index (χ1n) is 6.66. The van der Waals surface area contributed by atoms with Crippen LogP contribution in [0.1, 0.15) is 37.0 Å². The molecule has 0 saturated heterocycles. The summed E-state index contributed by atoms with van der Waals surface area (Å²) in [5, 5.41) is 21.2. The molecule has 0 aliphatic rings. The maximum absolute atomic E-state index is 11.2. The Morgan fingerprint density at radius 1 is 1.40 bits per heavy atom. The molecule has 1 rings (SSSR count). The second kappa shape index (κ2) is 7.14. The van der Waals surface area contributed by atoms with Crippen molar-refractivity contribution in [1.29, 1.82) is 0 Å². The molecule has 5 nitrogen and oxygen atoms in total. The number of methoxy groups -OCH3 is 1. The fraction of sp³-hybridized carbons (Fsp3) is 0.533. The predicted molar refractivity (Wildman–Crippen MR) is 78.5 cm³/mol. The number of benzene rings is 1. The molecule has 0 saturated carbocycles. The third kappa shape index (κ3) is 4.74. The van der Waals surface area contributed by atoms with Gasteiger partial charge in [-0.2, -0.15) is 0 Å². The van der Waals surface area contributed by atoms with Crippen molar-refractivity contribution in [1.82, 2.24) is 0 Å². The van der Waals surface area contributed by atoms with E-state index in [0.29, 0.717) is 18.0 Å². The van der Waals surface area contributed by atoms with Crippen molar-refractivity contribution < 1.29 is 19.7 Å². The lowest BCUT2D eigenvalue weighted by Gasteiger charge is -2.25. The Morgan fingerprint density at radius 2 is 2.10 bits per heavy atom. The molecule has 0 aliphatic heterocycles. The maximum Gasteiger partial charge on any atom is 0.337 e. The van der Waals surface area contributed by atoms with Crippen LogP contribution in [0.4, 0.5) is 5.69 Å². The summed E-state index contributed by atoms with van der Waals surface area (Å²) in [6.07, 6.45) is 1.60. The number of ether oxygens (including phenoxy) is 1. The minimum Gasteiger partial charge on any atom is -0.497 e. The molecule has 1 aromatic carbocycles. The summed E-state index contributed by atoms with van der Waals surface area (Å²) < 4.78 is 5.12. The van der Waals surface area contributed by atoms with E-state index in [1.807, 2.05) is 0 Å². The number of hydrogen-bond acceptors (Lipinski definition) is 4. The minimum atomic E-state index is -0.969. The molecule has 0 amide bonds. The Bertz CT molecular complexity index is 457. The van der Waals surface area contributed by atoms with Gasteiger partial charge in [0.25, 0.3) is 0 Å². The van der Waals surface area contributed by atoms with Gasteiger partial charge in [-0.05, 0) is 30.4 Å². The van der Waals surface area contributed by atoms with E-state index < -0.39 is 5.97 Å². The molecule has 20 heavy (non-hydrogen) atoms. The van der Waals surface area contributed by atoms with E-state index in [-0.39, 0.29) is 17.6 Å². The quantitative estimate of drug-likeness (QED) is 0.682. The lowest BCUT2D eigenvalue weighted by atomic mass is 9.87. The number of aliphatic hydroxyl groups excluding tert-OH is 1. The molecule has 5 heteroatoms. The third-order valence-corrected chi connectivity index (χ3v) is 3.23. The standard InChI is InChI=1S/C15H23NO4/c1-15(2,7-4-8-17)10-16-13-9-11(20-3)5-6-12(13)14(18)19/h5-6,9,16-17H,4,7-8,10H2,1-3H3,(H,18,19). The van der Waals surface area contributed by atoms with Gasteiger partial charge in [-0.1, -0.05) is 13.8 Å². The highest BCUT2D eigenvalue weighted by molar-refractivity contribution is 5.94. The van der Waals surface area contributed by atoms with E-state index in [1.54, 1.807) is 19.2 Å². The van der Waals surface area contributed by atoms with Crippen molar-refractivity contribution in [2.45, 2.75) is 26.7 Å². The zero-order chi connectivity index (χ0) is 15.2. The van der Waals surface area contributed by atoms with Crippen LogP contribution in [-0.4, -0.2) is 36.4 Å². The van der Waals surface area contributed by atoms with Gasteiger partial charge in [-0.3, -0.25) is 0 Å². The number of carboxylic acid groups (broad SMARTS) is 1.